The normalized spacial score (nSPS) is 17.7. The highest BCUT2D eigenvalue weighted by Crippen LogP contribution is 2.24. The fourth-order valence-corrected chi connectivity index (χ4v) is 3.84. The molecule has 1 atom stereocenters. The lowest BCUT2D eigenvalue weighted by Gasteiger charge is -2.34. The van der Waals surface area contributed by atoms with E-state index in [1.54, 1.807) is 0 Å². The van der Waals surface area contributed by atoms with Gasteiger partial charge in [-0.1, -0.05) is 12.1 Å². The second-order valence-corrected chi connectivity index (χ2v) is 7.15. The molecule has 1 aliphatic heterocycles. The Kier molecular flexibility index (Phi) is 3.70. The van der Waals surface area contributed by atoms with Gasteiger partial charge in [0.05, 0.1) is 17.4 Å². The van der Waals surface area contributed by atoms with E-state index >= 15 is 0 Å². The number of rotatable bonds is 3. The second-order valence-electron chi connectivity index (χ2n) is 7.15. The predicted octanol–water partition coefficient (Wildman–Crippen LogP) is 2.40. The van der Waals surface area contributed by atoms with Crippen molar-refractivity contribution in [3.63, 3.8) is 0 Å². The number of nitrogens with zero attached hydrogens (tertiary/aromatic N) is 7. The van der Waals surface area contributed by atoms with E-state index in [2.05, 4.69) is 31.6 Å². The zero-order valence-corrected chi connectivity index (χ0v) is 15.5. The van der Waals surface area contributed by atoms with Gasteiger partial charge in [0.25, 0.3) is 0 Å². The SMILES string of the molecule is Cc1nc2c3ccccc3nc(NC3CCCN(c4cnn(C)c4)C3)n2n1. The number of nitrogens with one attached hydrogen (secondary N) is 1. The van der Waals surface area contributed by atoms with Gasteiger partial charge in [-0.3, -0.25) is 4.68 Å². The second kappa shape index (κ2) is 6.22. The Hall–Kier alpha value is -3.16. The number of hydrogen-bond acceptors (Lipinski definition) is 6. The third-order valence-corrected chi connectivity index (χ3v) is 5.10. The highest BCUT2D eigenvalue weighted by Gasteiger charge is 2.23. The minimum Gasteiger partial charge on any atom is -0.367 e. The van der Waals surface area contributed by atoms with E-state index in [1.807, 2.05) is 53.6 Å². The standard InChI is InChI=1S/C19H22N8/c1-13-21-18-16-7-3-4-8-17(16)23-19(27(18)24-13)22-14-6-5-9-26(11-14)15-10-20-25(2)12-15/h3-4,7-8,10,12,14H,5-6,9,11H2,1-2H3,(H,22,23). The van der Waals surface area contributed by atoms with E-state index in [-0.39, 0.29) is 0 Å². The van der Waals surface area contributed by atoms with Gasteiger partial charge in [0.15, 0.2) is 5.65 Å². The summed E-state index contributed by atoms with van der Waals surface area (Å²) in [7, 11) is 1.95. The maximum atomic E-state index is 4.83. The van der Waals surface area contributed by atoms with Gasteiger partial charge in [0.1, 0.15) is 5.82 Å². The van der Waals surface area contributed by atoms with Crippen LogP contribution in [0.15, 0.2) is 36.7 Å². The summed E-state index contributed by atoms with van der Waals surface area (Å²) in [5.41, 5.74) is 2.94. The Morgan fingerprint density at radius 3 is 2.93 bits per heavy atom. The molecule has 138 valence electrons. The summed E-state index contributed by atoms with van der Waals surface area (Å²) in [5.74, 6) is 1.50. The molecule has 1 saturated heterocycles. The fourth-order valence-electron chi connectivity index (χ4n) is 3.84. The highest BCUT2D eigenvalue weighted by molar-refractivity contribution is 5.92. The van der Waals surface area contributed by atoms with Crippen molar-refractivity contribution in [1.82, 2.24) is 29.4 Å². The van der Waals surface area contributed by atoms with Crippen LogP contribution in [0.1, 0.15) is 18.7 Å². The molecule has 1 N–H and O–H groups in total. The maximum Gasteiger partial charge on any atom is 0.226 e. The summed E-state index contributed by atoms with van der Waals surface area (Å²) in [6.07, 6.45) is 6.21. The minimum absolute atomic E-state index is 0.292. The molecule has 0 saturated carbocycles. The number of piperidine rings is 1. The maximum absolute atomic E-state index is 4.83. The first kappa shape index (κ1) is 16.0. The van der Waals surface area contributed by atoms with E-state index in [9.17, 15) is 0 Å². The van der Waals surface area contributed by atoms with E-state index in [0.717, 1.165) is 59.9 Å². The molecule has 0 amide bonds. The molecule has 1 aromatic carbocycles. The smallest absolute Gasteiger partial charge is 0.226 e. The Morgan fingerprint density at radius 2 is 2.07 bits per heavy atom. The van der Waals surface area contributed by atoms with Crippen LogP contribution in [-0.4, -0.2) is 48.5 Å². The first-order valence-electron chi connectivity index (χ1n) is 9.29. The van der Waals surface area contributed by atoms with Crippen LogP contribution in [0.4, 0.5) is 11.6 Å². The summed E-state index contributed by atoms with van der Waals surface area (Å²) in [4.78, 5) is 11.8. The quantitative estimate of drug-likeness (QED) is 0.603. The molecule has 1 unspecified atom stereocenters. The van der Waals surface area contributed by atoms with Gasteiger partial charge in [-0.15, -0.1) is 5.10 Å². The molecule has 4 aromatic rings. The predicted molar refractivity (Wildman–Crippen MR) is 105 cm³/mol. The van der Waals surface area contributed by atoms with Gasteiger partial charge in [0, 0.05) is 37.8 Å². The Bertz CT molecular complexity index is 1110. The molecule has 8 heteroatoms. The summed E-state index contributed by atoms with van der Waals surface area (Å²) < 4.78 is 3.68. The topological polar surface area (TPSA) is 76.2 Å². The molecule has 8 nitrogen and oxygen atoms in total. The number of benzene rings is 1. The van der Waals surface area contributed by atoms with Crippen molar-refractivity contribution in [1.29, 1.82) is 0 Å². The molecule has 1 fully saturated rings. The zero-order valence-electron chi connectivity index (χ0n) is 15.5. The summed E-state index contributed by atoms with van der Waals surface area (Å²) in [5, 5.41) is 13.5. The van der Waals surface area contributed by atoms with Crippen LogP contribution < -0.4 is 10.2 Å². The number of aryl methyl sites for hydroxylation is 2. The van der Waals surface area contributed by atoms with Crippen molar-refractivity contribution in [2.45, 2.75) is 25.8 Å². The van der Waals surface area contributed by atoms with Gasteiger partial charge in [-0.25, -0.2) is 9.97 Å². The molecule has 27 heavy (non-hydrogen) atoms. The van der Waals surface area contributed by atoms with Crippen LogP contribution in [0.5, 0.6) is 0 Å². The van der Waals surface area contributed by atoms with Crippen molar-refractivity contribution in [2.24, 2.45) is 7.05 Å². The molecule has 0 aliphatic carbocycles. The molecule has 3 aromatic heterocycles. The van der Waals surface area contributed by atoms with Gasteiger partial charge >= 0.3 is 0 Å². The minimum atomic E-state index is 0.292. The van der Waals surface area contributed by atoms with Crippen LogP contribution in [-0.2, 0) is 7.05 Å². The zero-order chi connectivity index (χ0) is 18.4. The Morgan fingerprint density at radius 1 is 1.19 bits per heavy atom. The van der Waals surface area contributed by atoms with Crippen LogP contribution in [0.3, 0.4) is 0 Å². The number of hydrogen-bond donors (Lipinski definition) is 1. The average molecular weight is 362 g/mol. The van der Waals surface area contributed by atoms with E-state index in [1.165, 1.54) is 0 Å². The largest absolute Gasteiger partial charge is 0.367 e. The average Bonchev–Trinajstić information content (AvgIpc) is 3.28. The van der Waals surface area contributed by atoms with Crippen molar-refractivity contribution >= 4 is 28.2 Å². The number of para-hydroxylation sites is 1. The van der Waals surface area contributed by atoms with Crippen molar-refractivity contribution < 1.29 is 0 Å². The summed E-state index contributed by atoms with van der Waals surface area (Å²) in [6.45, 7) is 3.87. The lowest BCUT2D eigenvalue weighted by atomic mass is 10.1. The van der Waals surface area contributed by atoms with Crippen LogP contribution in [0, 0.1) is 6.92 Å². The van der Waals surface area contributed by atoms with Gasteiger partial charge < -0.3 is 10.2 Å². The van der Waals surface area contributed by atoms with Crippen molar-refractivity contribution in [3.05, 3.63) is 42.5 Å². The summed E-state index contributed by atoms with van der Waals surface area (Å²) in [6, 6.07) is 8.37. The highest BCUT2D eigenvalue weighted by atomic mass is 15.4. The lowest BCUT2D eigenvalue weighted by molar-refractivity contribution is 0.526. The molecule has 0 spiro atoms. The molecule has 4 heterocycles. The van der Waals surface area contributed by atoms with Gasteiger partial charge in [-0.2, -0.15) is 9.61 Å². The van der Waals surface area contributed by atoms with E-state index in [0.29, 0.717) is 6.04 Å². The molecule has 0 radical (unpaired) electrons. The van der Waals surface area contributed by atoms with Crippen LogP contribution >= 0.6 is 0 Å². The van der Waals surface area contributed by atoms with Crippen molar-refractivity contribution in [3.8, 4) is 0 Å². The Balaban J connectivity index is 1.48. The molecule has 1 aliphatic rings. The monoisotopic (exact) mass is 362 g/mol. The Labute approximate surface area is 156 Å². The third kappa shape index (κ3) is 2.87. The molecule has 0 bridgehead atoms. The van der Waals surface area contributed by atoms with Crippen LogP contribution in [0.25, 0.3) is 16.6 Å². The number of fused-ring (bicyclic) bond motifs is 3. The van der Waals surface area contributed by atoms with Crippen molar-refractivity contribution in [2.75, 3.05) is 23.3 Å². The molecular formula is C19H22N8. The summed E-state index contributed by atoms with van der Waals surface area (Å²) >= 11 is 0. The lowest BCUT2D eigenvalue weighted by Crippen LogP contribution is -2.42. The number of aromatic nitrogens is 6. The van der Waals surface area contributed by atoms with Gasteiger partial charge in [-0.05, 0) is 31.9 Å². The van der Waals surface area contributed by atoms with Gasteiger partial charge in [0.2, 0.25) is 5.95 Å². The first-order chi connectivity index (χ1) is 13.2. The van der Waals surface area contributed by atoms with E-state index in [4.69, 9.17) is 4.98 Å². The third-order valence-electron chi connectivity index (χ3n) is 5.10. The first-order valence-corrected chi connectivity index (χ1v) is 9.29. The number of anilines is 2. The molecular weight excluding hydrogens is 340 g/mol. The molecule has 5 rings (SSSR count). The van der Waals surface area contributed by atoms with E-state index < -0.39 is 0 Å². The van der Waals surface area contributed by atoms with Crippen LogP contribution in [0.2, 0.25) is 0 Å². The fraction of sp³-hybridized carbons (Fsp3) is 0.368.